The molecular formula is C6H8N2O2S. The summed E-state index contributed by atoms with van der Waals surface area (Å²) in [7, 11) is 1.75. The number of anilines is 1. The van der Waals surface area contributed by atoms with Crippen LogP contribution in [0.1, 0.15) is 5.69 Å². The number of nitrogens with zero attached hydrogens (tertiary/aromatic N) is 1. The first-order valence-corrected chi connectivity index (χ1v) is 3.94. The van der Waals surface area contributed by atoms with E-state index < -0.39 is 5.97 Å². The average Bonchev–Trinajstić information content (AvgIpc) is 2.34. The number of nitrogens with one attached hydrogen (secondary N) is 1. The van der Waals surface area contributed by atoms with Crippen molar-refractivity contribution >= 4 is 22.4 Å². The summed E-state index contributed by atoms with van der Waals surface area (Å²) in [5.41, 5.74) is 0.604. The standard InChI is InChI=1S/C6H8N2O2S/c1-7-6-8-4(3-11-6)2-5(9)10/h3H,2H2,1H3,(H,7,8)(H,9,10). The van der Waals surface area contributed by atoms with Crippen LogP contribution in [0.15, 0.2) is 5.38 Å². The minimum absolute atomic E-state index is 0.00181. The number of thiazole rings is 1. The van der Waals surface area contributed by atoms with Crippen LogP contribution < -0.4 is 5.32 Å². The molecule has 1 aromatic heterocycles. The van der Waals surface area contributed by atoms with Crippen LogP contribution >= 0.6 is 11.3 Å². The first kappa shape index (κ1) is 8.00. The maximum absolute atomic E-state index is 10.2. The monoisotopic (exact) mass is 172 g/mol. The van der Waals surface area contributed by atoms with Crippen molar-refractivity contribution in [3.8, 4) is 0 Å². The maximum atomic E-state index is 10.2. The predicted molar refractivity (Wildman–Crippen MR) is 43.0 cm³/mol. The van der Waals surface area contributed by atoms with Gasteiger partial charge in [-0.1, -0.05) is 0 Å². The Morgan fingerprint density at radius 3 is 3.09 bits per heavy atom. The number of aromatic nitrogens is 1. The zero-order valence-corrected chi connectivity index (χ0v) is 6.81. The summed E-state index contributed by atoms with van der Waals surface area (Å²) in [6.45, 7) is 0. The molecule has 60 valence electrons. The fourth-order valence-electron chi connectivity index (χ4n) is 0.658. The number of carboxylic acids is 1. The molecule has 0 fully saturated rings. The molecule has 0 radical (unpaired) electrons. The molecule has 0 saturated heterocycles. The number of carboxylic acid groups (broad SMARTS) is 1. The van der Waals surface area contributed by atoms with Gasteiger partial charge in [0.2, 0.25) is 0 Å². The SMILES string of the molecule is CNc1nc(CC(=O)O)cs1. The summed E-state index contributed by atoms with van der Waals surface area (Å²) in [6, 6.07) is 0. The molecule has 0 bridgehead atoms. The number of carbonyl (C=O) groups is 1. The van der Waals surface area contributed by atoms with Crippen LogP contribution in [-0.4, -0.2) is 23.1 Å². The molecule has 5 heteroatoms. The molecule has 4 nitrogen and oxygen atoms in total. The Labute approximate surface area is 67.9 Å². The second-order valence-corrected chi connectivity index (χ2v) is 2.82. The molecule has 0 aliphatic rings. The van der Waals surface area contributed by atoms with Crippen molar-refractivity contribution in [1.82, 2.24) is 4.98 Å². The summed E-state index contributed by atoms with van der Waals surface area (Å²) in [6.07, 6.45) is -0.00181. The second-order valence-electron chi connectivity index (χ2n) is 1.96. The molecule has 0 aliphatic heterocycles. The zero-order valence-electron chi connectivity index (χ0n) is 6.00. The van der Waals surface area contributed by atoms with Gasteiger partial charge in [-0.15, -0.1) is 11.3 Å². The molecule has 0 unspecified atom stereocenters. The lowest BCUT2D eigenvalue weighted by atomic mass is 10.3. The van der Waals surface area contributed by atoms with Gasteiger partial charge in [0.1, 0.15) is 0 Å². The van der Waals surface area contributed by atoms with Gasteiger partial charge in [0.15, 0.2) is 5.13 Å². The molecule has 1 rings (SSSR count). The van der Waals surface area contributed by atoms with Gasteiger partial charge in [-0.05, 0) is 0 Å². The zero-order chi connectivity index (χ0) is 8.27. The lowest BCUT2D eigenvalue weighted by molar-refractivity contribution is -0.136. The number of hydrogen-bond donors (Lipinski definition) is 2. The third-order valence-corrected chi connectivity index (χ3v) is 2.01. The topological polar surface area (TPSA) is 62.2 Å². The van der Waals surface area contributed by atoms with E-state index in [1.54, 1.807) is 12.4 Å². The fraction of sp³-hybridized carbons (Fsp3) is 0.333. The first-order chi connectivity index (χ1) is 5.22. The smallest absolute Gasteiger partial charge is 0.309 e. The molecule has 1 aromatic rings. The van der Waals surface area contributed by atoms with Crippen LogP contribution in [0.25, 0.3) is 0 Å². The molecule has 0 aromatic carbocycles. The summed E-state index contributed by atoms with van der Waals surface area (Å²) < 4.78 is 0. The second kappa shape index (κ2) is 3.34. The maximum Gasteiger partial charge on any atom is 0.309 e. The van der Waals surface area contributed by atoms with Gasteiger partial charge in [0.25, 0.3) is 0 Å². The van der Waals surface area contributed by atoms with E-state index in [1.165, 1.54) is 11.3 Å². The Kier molecular flexibility index (Phi) is 2.43. The molecule has 0 amide bonds. The summed E-state index contributed by atoms with van der Waals surface area (Å²) in [5.74, 6) is -0.849. The number of aliphatic carboxylic acids is 1. The van der Waals surface area contributed by atoms with E-state index in [9.17, 15) is 4.79 Å². The van der Waals surface area contributed by atoms with Crippen molar-refractivity contribution in [2.75, 3.05) is 12.4 Å². The van der Waals surface area contributed by atoms with E-state index in [0.717, 1.165) is 5.13 Å². The van der Waals surface area contributed by atoms with E-state index in [1.807, 2.05) is 0 Å². The lowest BCUT2D eigenvalue weighted by Crippen LogP contribution is -2.00. The van der Waals surface area contributed by atoms with Crippen molar-refractivity contribution in [3.05, 3.63) is 11.1 Å². The average molecular weight is 172 g/mol. The van der Waals surface area contributed by atoms with Gasteiger partial charge in [0, 0.05) is 12.4 Å². The van der Waals surface area contributed by atoms with Crippen LogP contribution in [0.3, 0.4) is 0 Å². The van der Waals surface area contributed by atoms with Crippen molar-refractivity contribution < 1.29 is 9.90 Å². The van der Waals surface area contributed by atoms with Gasteiger partial charge in [-0.2, -0.15) is 0 Å². The molecule has 0 saturated carbocycles. The van der Waals surface area contributed by atoms with Gasteiger partial charge < -0.3 is 10.4 Å². The normalized spacial score (nSPS) is 9.55. The van der Waals surface area contributed by atoms with Gasteiger partial charge in [-0.3, -0.25) is 4.79 Å². The van der Waals surface area contributed by atoms with Crippen molar-refractivity contribution in [1.29, 1.82) is 0 Å². The summed E-state index contributed by atoms with van der Waals surface area (Å²) in [5, 5.41) is 13.7. The molecule has 11 heavy (non-hydrogen) atoms. The van der Waals surface area contributed by atoms with E-state index in [-0.39, 0.29) is 6.42 Å². The van der Waals surface area contributed by atoms with Crippen LogP contribution in [0.4, 0.5) is 5.13 Å². The third-order valence-electron chi connectivity index (χ3n) is 1.10. The van der Waals surface area contributed by atoms with Crippen LogP contribution in [0, 0.1) is 0 Å². The molecular weight excluding hydrogens is 164 g/mol. The Hall–Kier alpha value is -1.10. The highest BCUT2D eigenvalue weighted by molar-refractivity contribution is 7.13. The highest BCUT2D eigenvalue weighted by Gasteiger charge is 2.03. The minimum atomic E-state index is -0.849. The summed E-state index contributed by atoms with van der Waals surface area (Å²) >= 11 is 1.41. The van der Waals surface area contributed by atoms with Crippen molar-refractivity contribution in [2.24, 2.45) is 0 Å². The quantitative estimate of drug-likeness (QED) is 0.708. The molecule has 1 heterocycles. The fourth-order valence-corrected chi connectivity index (χ4v) is 1.33. The van der Waals surface area contributed by atoms with Crippen LogP contribution in [0.2, 0.25) is 0 Å². The Balaban J connectivity index is 2.65. The first-order valence-electron chi connectivity index (χ1n) is 3.06. The molecule has 0 atom stereocenters. The third kappa shape index (κ3) is 2.19. The van der Waals surface area contributed by atoms with Gasteiger partial charge in [-0.25, -0.2) is 4.98 Å². The minimum Gasteiger partial charge on any atom is -0.481 e. The van der Waals surface area contributed by atoms with Crippen molar-refractivity contribution in [3.63, 3.8) is 0 Å². The predicted octanol–water partition coefficient (Wildman–Crippen LogP) is 0.812. The Morgan fingerprint density at radius 2 is 2.64 bits per heavy atom. The lowest BCUT2D eigenvalue weighted by Gasteiger charge is -1.88. The van der Waals surface area contributed by atoms with E-state index >= 15 is 0 Å². The highest BCUT2D eigenvalue weighted by atomic mass is 32.1. The van der Waals surface area contributed by atoms with Crippen LogP contribution in [-0.2, 0) is 11.2 Å². The Bertz CT molecular complexity index is 259. The molecule has 0 aliphatic carbocycles. The van der Waals surface area contributed by atoms with Crippen molar-refractivity contribution in [2.45, 2.75) is 6.42 Å². The molecule has 2 N–H and O–H groups in total. The van der Waals surface area contributed by atoms with Crippen LogP contribution in [0.5, 0.6) is 0 Å². The highest BCUT2D eigenvalue weighted by Crippen LogP contribution is 2.14. The largest absolute Gasteiger partial charge is 0.481 e. The Morgan fingerprint density at radius 1 is 1.91 bits per heavy atom. The number of hydrogen-bond acceptors (Lipinski definition) is 4. The molecule has 0 spiro atoms. The number of rotatable bonds is 3. The van der Waals surface area contributed by atoms with E-state index in [4.69, 9.17) is 5.11 Å². The van der Waals surface area contributed by atoms with E-state index in [2.05, 4.69) is 10.3 Å². The van der Waals surface area contributed by atoms with E-state index in [0.29, 0.717) is 5.69 Å². The van der Waals surface area contributed by atoms with Gasteiger partial charge in [0.05, 0.1) is 12.1 Å². The van der Waals surface area contributed by atoms with Gasteiger partial charge >= 0.3 is 5.97 Å². The summed E-state index contributed by atoms with van der Waals surface area (Å²) in [4.78, 5) is 14.2.